The van der Waals surface area contributed by atoms with Crippen molar-refractivity contribution < 1.29 is 9.72 Å². The molecule has 0 bridgehead atoms. The molecule has 1 aromatic carbocycles. The van der Waals surface area contributed by atoms with Gasteiger partial charge < -0.3 is 10.6 Å². The number of benzene rings is 1. The van der Waals surface area contributed by atoms with Crippen LogP contribution in [0, 0.1) is 10.1 Å². The Labute approximate surface area is 116 Å². The molecule has 0 saturated heterocycles. The summed E-state index contributed by atoms with van der Waals surface area (Å²) in [5.41, 5.74) is 2.06. The second-order valence-corrected chi connectivity index (χ2v) is 5.12. The summed E-state index contributed by atoms with van der Waals surface area (Å²) in [7, 11) is 0. The molecule has 0 spiro atoms. The number of amides is 1. The van der Waals surface area contributed by atoms with Crippen molar-refractivity contribution in [2.24, 2.45) is 0 Å². The van der Waals surface area contributed by atoms with E-state index in [1.165, 1.54) is 6.07 Å². The van der Waals surface area contributed by atoms with Gasteiger partial charge in [0.1, 0.15) is 5.69 Å². The van der Waals surface area contributed by atoms with Crippen LogP contribution >= 0.6 is 0 Å². The Morgan fingerprint density at radius 3 is 2.70 bits per heavy atom. The van der Waals surface area contributed by atoms with E-state index >= 15 is 0 Å². The molecule has 1 aromatic rings. The van der Waals surface area contributed by atoms with E-state index in [1.807, 2.05) is 0 Å². The fraction of sp³-hybridized carbons (Fsp3) is 0.357. The first-order chi connectivity index (χ1) is 9.63. The van der Waals surface area contributed by atoms with E-state index in [0.717, 1.165) is 18.4 Å². The van der Waals surface area contributed by atoms with Crippen molar-refractivity contribution in [1.29, 1.82) is 0 Å². The molecule has 0 unspecified atom stereocenters. The fourth-order valence-corrected chi connectivity index (χ4v) is 2.64. The van der Waals surface area contributed by atoms with E-state index in [9.17, 15) is 14.9 Å². The first kappa shape index (κ1) is 12.7. The van der Waals surface area contributed by atoms with Gasteiger partial charge in [-0.15, -0.1) is 0 Å². The SMILES string of the molecule is O=C1CCc2cc(NC3CC=CC3)c([N+](=O)[O-])cc2N1. The lowest BCUT2D eigenvalue weighted by Crippen LogP contribution is -2.21. The number of carbonyl (C=O) groups is 1. The van der Waals surface area contributed by atoms with E-state index in [4.69, 9.17) is 0 Å². The van der Waals surface area contributed by atoms with Crippen molar-refractivity contribution >= 4 is 23.0 Å². The van der Waals surface area contributed by atoms with Gasteiger partial charge in [0.2, 0.25) is 5.91 Å². The fourth-order valence-electron chi connectivity index (χ4n) is 2.64. The average Bonchev–Trinajstić information content (AvgIpc) is 2.91. The number of nitrogens with zero attached hydrogens (tertiary/aromatic N) is 1. The van der Waals surface area contributed by atoms with Gasteiger partial charge in [0.05, 0.1) is 10.6 Å². The predicted molar refractivity (Wildman–Crippen MR) is 75.8 cm³/mol. The molecule has 0 radical (unpaired) electrons. The Balaban J connectivity index is 1.94. The third-order valence-corrected chi connectivity index (χ3v) is 3.68. The minimum Gasteiger partial charge on any atom is -0.376 e. The number of hydrogen-bond acceptors (Lipinski definition) is 4. The molecule has 1 heterocycles. The summed E-state index contributed by atoms with van der Waals surface area (Å²) >= 11 is 0. The summed E-state index contributed by atoms with van der Waals surface area (Å²) in [4.78, 5) is 22.2. The lowest BCUT2D eigenvalue weighted by molar-refractivity contribution is -0.383. The minimum atomic E-state index is -0.411. The Bertz CT molecular complexity index is 602. The normalized spacial score (nSPS) is 17.7. The predicted octanol–water partition coefficient (Wildman–Crippen LogP) is 2.61. The number of nitrogens with one attached hydrogen (secondary N) is 2. The maximum absolute atomic E-state index is 11.4. The second-order valence-electron chi connectivity index (χ2n) is 5.12. The highest BCUT2D eigenvalue weighted by atomic mass is 16.6. The molecular formula is C14H15N3O3. The summed E-state index contributed by atoms with van der Waals surface area (Å²) in [6, 6.07) is 3.47. The van der Waals surface area contributed by atoms with E-state index < -0.39 is 4.92 Å². The van der Waals surface area contributed by atoms with Gasteiger partial charge in [-0.25, -0.2) is 0 Å². The first-order valence-electron chi connectivity index (χ1n) is 6.66. The van der Waals surface area contributed by atoms with E-state index in [2.05, 4.69) is 22.8 Å². The van der Waals surface area contributed by atoms with Crippen LogP contribution in [0.4, 0.5) is 17.1 Å². The first-order valence-corrected chi connectivity index (χ1v) is 6.66. The molecule has 0 saturated carbocycles. The Kier molecular flexibility index (Phi) is 3.14. The molecule has 2 aliphatic rings. The van der Waals surface area contributed by atoms with E-state index in [0.29, 0.717) is 24.2 Å². The summed E-state index contributed by atoms with van der Waals surface area (Å²) in [6.07, 6.45) is 6.95. The molecule has 6 nitrogen and oxygen atoms in total. The van der Waals surface area contributed by atoms with Crippen molar-refractivity contribution in [3.63, 3.8) is 0 Å². The molecule has 104 valence electrons. The standard InChI is InChI=1S/C14H15N3O3/c18-14-6-5-9-7-12(15-10-3-1-2-4-10)13(17(19)20)8-11(9)16-14/h1-2,7-8,10,15H,3-6H2,(H,16,18). The zero-order valence-electron chi connectivity index (χ0n) is 10.9. The third-order valence-electron chi connectivity index (χ3n) is 3.68. The number of rotatable bonds is 3. The number of nitro groups is 1. The molecule has 1 aliphatic carbocycles. The molecule has 2 N–H and O–H groups in total. The van der Waals surface area contributed by atoms with Crippen molar-refractivity contribution in [2.45, 2.75) is 31.7 Å². The summed E-state index contributed by atoms with van der Waals surface area (Å²) in [5, 5.41) is 17.1. The van der Waals surface area contributed by atoms with Gasteiger partial charge in [-0.1, -0.05) is 12.2 Å². The topological polar surface area (TPSA) is 84.3 Å². The van der Waals surface area contributed by atoms with Crippen LogP contribution in [-0.4, -0.2) is 16.9 Å². The lowest BCUT2D eigenvalue weighted by atomic mass is 10.0. The van der Waals surface area contributed by atoms with Crippen LogP contribution in [0.3, 0.4) is 0 Å². The highest BCUT2D eigenvalue weighted by molar-refractivity contribution is 5.95. The number of nitro benzene ring substituents is 1. The highest BCUT2D eigenvalue weighted by Gasteiger charge is 2.24. The highest BCUT2D eigenvalue weighted by Crippen LogP contribution is 2.35. The number of fused-ring (bicyclic) bond motifs is 1. The van der Waals surface area contributed by atoms with Crippen molar-refractivity contribution in [3.8, 4) is 0 Å². The van der Waals surface area contributed by atoms with Gasteiger partial charge in [-0.05, 0) is 30.9 Å². The molecule has 20 heavy (non-hydrogen) atoms. The van der Waals surface area contributed by atoms with E-state index in [-0.39, 0.29) is 17.6 Å². The summed E-state index contributed by atoms with van der Waals surface area (Å²) in [5.74, 6) is -0.0903. The maximum Gasteiger partial charge on any atom is 0.294 e. The summed E-state index contributed by atoms with van der Waals surface area (Å²) in [6.45, 7) is 0. The Morgan fingerprint density at radius 2 is 2.00 bits per heavy atom. The van der Waals surface area contributed by atoms with Crippen LogP contribution in [0.15, 0.2) is 24.3 Å². The van der Waals surface area contributed by atoms with Crippen molar-refractivity contribution in [1.82, 2.24) is 0 Å². The van der Waals surface area contributed by atoms with Crippen molar-refractivity contribution in [3.05, 3.63) is 40.0 Å². The molecular weight excluding hydrogens is 258 g/mol. The van der Waals surface area contributed by atoms with Gasteiger partial charge in [-0.3, -0.25) is 14.9 Å². The number of hydrogen-bond donors (Lipinski definition) is 2. The molecule has 1 aliphatic heterocycles. The van der Waals surface area contributed by atoms with Gasteiger partial charge >= 0.3 is 0 Å². The van der Waals surface area contributed by atoms with Crippen LogP contribution in [0.1, 0.15) is 24.8 Å². The monoisotopic (exact) mass is 273 g/mol. The number of carbonyl (C=O) groups excluding carboxylic acids is 1. The van der Waals surface area contributed by atoms with Crippen LogP contribution in [-0.2, 0) is 11.2 Å². The van der Waals surface area contributed by atoms with E-state index in [1.54, 1.807) is 6.07 Å². The molecule has 6 heteroatoms. The average molecular weight is 273 g/mol. The van der Waals surface area contributed by atoms with Gasteiger partial charge in [0.25, 0.3) is 5.69 Å². The van der Waals surface area contributed by atoms with Gasteiger partial charge in [0, 0.05) is 18.5 Å². The largest absolute Gasteiger partial charge is 0.376 e. The molecule has 0 fully saturated rings. The summed E-state index contributed by atoms with van der Waals surface area (Å²) < 4.78 is 0. The second kappa shape index (κ2) is 4.96. The quantitative estimate of drug-likeness (QED) is 0.503. The van der Waals surface area contributed by atoms with Crippen molar-refractivity contribution in [2.75, 3.05) is 10.6 Å². The van der Waals surface area contributed by atoms with Gasteiger partial charge in [0.15, 0.2) is 0 Å². The zero-order valence-corrected chi connectivity index (χ0v) is 10.9. The van der Waals surface area contributed by atoms with Gasteiger partial charge in [-0.2, -0.15) is 0 Å². The minimum absolute atomic E-state index is 0.0119. The van der Waals surface area contributed by atoms with Crippen LogP contribution in [0.25, 0.3) is 0 Å². The maximum atomic E-state index is 11.4. The molecule has 0 atom stereocenters. The Hall–Kier alpha value is -2.37. The zero-order chi connectivity index (χ0) is 14.1. The molecule has 1 amide bonds. The third kappa shape index (κ3) is 2.36. The Morgan fingerprint density at radius 1 is 1.25 bits per heavy atom. The van der Waals surface area contributed by atoms with Crippen LogP contribution in [0.5, 0.6) is 0 Å². The van der Waals surface area contributed by atoms with Crippen LogP contribution < -0.4 is 10.6 Å². The smallest absolute Gasteiger partial charge is 0.294 e. The van der Waals surface area contributed by atoms with Crippen LogP contribution in [0.2, 0.25) is 0 Å². The molecule has 3 rings (SSSR count). The number of aryl methyl sites for hydroxylation is 1. The number of anilines is 2. The molecule has 0 aromatic heterocycles. The lowest BCUT2D eigenvalue weighted by Gasteiger charge is -2.20.